The molecule has 1 heterocycles. The van der Waals surface area contributed by atoms with Gasteiger partial charge in [-0.15, -0.1) is 0 Å². The second-order valence-electron chi connectivity index (χ2n) is 6.39. The maximum atomic E-state index is 12.3. The van der Waals surface area contributed by atoms with Gasteiger partial charge < -0.3 is 10.3 Å². The van der Waals surface area contributed by atoms with E-state index in [2.05, 4.69) is 10.3 Å². The Morgan fingerprint density at radius 1 is 1.12 bits per heavy atom. The predicted molar refractivity (Wildman–Crippen MR) is 102 cm³/mol. The largest absolute Gasteiger partial charge is 0.326 e. The van der Waals surface area contributed by atoms with Crippen molar-refractivity contribution in [3.05, 3.63) is 75.1 Å². The predicted octanol–water partition coefficient (Wildman–Crippen LogP) is 3.89. The Morgan fingerprint density at radius 2 is 1.92 bits per heavy atom. The molecule has 0 aliphatic heterocycles. The van der Waals surface area contributed by atoms with E-state index in [0.29, 0.717) is 18.5 Å². The zero-order valence-corrected chi connectivity index (χ0v) is 14.8. The summed E-state index contributed by atoms with van der Waals surface area (Å²) in [5, 5.41) is 3.92. The number of aromatic amines is 1. The first-order chi connectivity index (χ1) is 12.0. The van der Waals surface area contributed by atoms with E-state index in [1.54, 1.807) is 0 Å². The van der Waals surface area contributed by atoms with E-state index in [9.17, 15) is 9.59 Å². The van der Waals surface area contributed by atoms with E-state index in [1.807, 2.05) is 63.2 Å². The van der Waals surface area contributed by atoms with E-state index in [4.69, 9.17) is 0 Å². The molecule has 0 spiro atoms. The fourth-order valence-electron chi connectivity index (χ4n) is 3.22. The van der Waals surface area contributed by atoms with Crippen molar-refractivity contribution in [1.29, 1.82) is 0 Å². The van der Waals surface area contributed by atoms with Crippen molar-refractivity contribution in [2.45, 2.75) is 33.6 Å². The van der Waals surface area contributed by atoms with Gasteiger partial charge in [-0.3, -0.25) is 9.59 Å². The van der Waals surface area contributed by atoms with Gasteiger partial charge in [0.15, 0.2) is 0 Å². The number of hydrogen-bond acceptors (Lipinski definition) is 2. The summed E-state index contributed by atoms with van der Waals surface area (Å²) in [4.78, 5) is 27.3. The highest BCUT2D eigenvalue weighted by Gasteiger charge is 2.09. The van der Waals surface area contributed by atoms with Crippen LogP contribution >= 0.6 is 0 Å². The molecule has 1 amide bonds. The molecule has 0 atom stereocenters. The lowest BCUT2D eigenvalue weighted by molar-refractivity contribution is -0.115. The zero-order valence-electron chi connectivity index (χ0n) is 14.8. The van der Waals surface area contributed by atoms with Crippen molar-refractivity contribution >= 4 is 22.5 Å². The number of anilines is 1. The summed E-state index contributed by atoms with van der Waals surface area (Å²) in [6.45, 7) is 5.95. The molecule has 3 rings (SSSR count). The normalized spacial score (nSPS) is 10.8. The molecule has 0 radical (unpaired) electrons. The van der Waals surface area contributed by atoms with E-state index in [1.165, 1.54) is 0 Å². The molecule has 4 heteroatoms. The lowest BCUT2D eigenvalue weighted by Gasteiger charge is -2.10. The third kappa shape index (κ3) is 3.63. The van der Waals surface area contributed by atoms with Gasteiger partial charge in [0.1, 0.15) is 0 Å². The molecular formula is C21H22N2O2. The molecule has 2 N–H and O–H groups in total. The number of nitrogens with one attached hydrogen (secondary N) is 2. The molecule has 4 nitrogen and oxygen atoms in total. The molecule has 128 valence electrons. The number of benzene rings is 2. The number of fused-ring (bicyclic) bond motifs is 1. The van der Waals surface area contributed by atoms with Gasteiger partial charge >= 0.3 is 0 Å². The second kappa shape index (κ2) is 6.93. The van der Waals surface area contributed by atoms with Gasteiger partial charge in [-0.25, -0.2) is 0 Å². The van der Waals surface area contributed by atoms with Gasteiger partial charge in [0.05, 0.1) is 11.9 Å². The molecule has 1 aromatic heterocycles. The number of amides is 1. The smallest absolute Gasteiger partial charge is 0.251 e. The quantitative estimate of drug-likeness (QED) is 0.760. The third-order valence-electron chi connectivity index (χ3n) is 4.48. The minimum atomic E-state index is -0.0748. The van der Waals surface area contributed by atoms with Crippen LogP contribution in [0.2, 0.25) is 0 Å². The minimum Gasteiger partial charge on any atom is -0.326 e. The summed E-state index contributed by atoms with van der Waals surface area (Å²) >= 11 is 0. The van der Waals surface area contributed by atoms with Crippen LogP contribution in [-0.2, 0) is 17.6 Å². The summed E-state index contributed by atoms with van der Waals surface area (Å²) in [7, 11) is 0. The lowest BCUT2D eigenvalue weighted by Crippen LogP contribution is -2.16. The van der Waals surface area contributed by atoms with Crippen molar-refractivity contribution in [2.75, 3.05) is 5.32 Å². The first kappa shape index (κ1) is 17.0. The van der Waals surface area contributed by atoms with Crippen LogP contribution < -0.4 is 10.9 Å². The summed E-state index contributed by atoms with van der Waals surface area (Å²) < 4.78 is 0. The molecule has 3 aromatic rings. The maximum Gasteiger partial charge on any atom is 0.251 e. The molecule has 0 aliphatic rings. The summed E-state index contributed by atoms with van der Waals surface area (Å²) in [5.74, 6) is -0.0748. The van der Waals surface area contributed by atoms with Crippen LogP contribution in [0.15, 0.2) is 47.3 Å². The zero-order chi connectivity index (χ0) is 18.0. The monoisotopic (exact) mass is 334 g/mol. The molecule has 0 aliphatic carbocycles. The topological polar surface area (TPSA) is 62.0 Å². The van der Waals surface area contributed by atoms with Crippen molar-refractivity contribution in [2.24, 2.45) is 0 Å². The first-order valence-corrected chi connectivity index (χ1v) is 8.49. The Hall–Kier alpha value is -2.88. The second-order valence-corrected chi connectivity index (χ2v) is 6.39. The summed E-state index contributed by atoms with van der Waals surface area (Å²) in [6, 6.07) is 13.6. The van der Waals surface area contributed by atoms with Crippen LogP contribution in [0.4, 0.5) is 5.69 Å². The fourth-order valence-corrected chi connectivity index (χ4v) is 3.22. The highest BCUT2D eigenvalue weighted by atomic mass is 16.1. The number of carbonyl (C=O) groups excluding carboxylic acids is 1. The number of hydrogen-bond donors (Lipinski definition) is 2. The molecule has 0 unspecified atom stereocenters. The van der Waals surface area contributed by atoms with Crippen LogP contribution in [0, 0.1) is 13.8 Å². The highest BCUT2D eigenvalue weighted by Crippen LogP contribution is 2.21. The fraction of sp³-hybridized carbons (Fsp3) is 0.238. The standard InChI is InChI=1S/C21H22N2O2/c1-4-17-14(3)18-9-8-16(12-19(18)23-21(17)25)22-20(24)11-15-7-5-6-13(2)10-15/h5-10,12H,4,11H2,1-3H3,(H,22,24)(H,23,25). The third-order valence-corrected chi connectivity index (χ3v) is 4.48. The molecule has 0 saturated heterocycles. The first-order valence-electron chi connectivity index (χ1n) is 8.49. The molecule has 0 bridgehead atoms. The number of carbonyl (C=O) groups is 1. The molecule has 0 saturated carbocycles. The Labute approximate surface area is 146 Å². The van der Waals surface area contributed by atoms with Crippen LogP contribution in [-0.4, -0.2) is 10.9 Å². The SMILES string of the molecule is CCc1c(C)c2ccc(NC(=O)Cc3cccc(C)c3)cc2[nH]c1=O. The summed E-state index contributed by atoms with van der Waals surface area (Å²) in [6.07, 6.45) is 1.02. The van der Waals surface area contributed by atoms with Crippen molar-refractivity contribution in [3.63, 3.8) is 0 Å². The maximum absolute atomic E-state index is 12.3. The van der Waals surface area contributed by atoms with Gasteiger partial charge in [0.2, 0.25) is 5.91 Å². The van der Waals surface area contributed by atoms with Crippen molar-refractivity contribution < 1.29 is 4.79 Å². The molecule has 25 heavy (non-hydrogen) atoms. The average molecular weight is 334 g/mol. The number of aromatic nitrogens is 1. The average Bonchev–Trinajstić information content (AvgIpc) is 2.54. The molecular weight excluding hydrogens is 312 g/mol. The number of aryl methyl sites for hydroxylation is 2. The van der Waals surface area contributed by atoms with E-state index < -0.39 is 0 Å². The Balaban J connectivity index is 1.84. The van der Waals surface area contributed by atoms with Gasteiger partial charge in [-0.1, -0.05) is 42.8 Å². The number of H-pyrrole nitrogens is 1. The van der Waals surface area contributed by atoms with E-state index >= 15 is 0 Å². The molecule has 0 fully saturated rings. The van der Waals surface area contributed by atoms with Crippen LogP contribution in [0.25, 0.3) is 10.9 Å². The number of pyridine rings is 1. The molecule has 2 aromatic carbocycles. The Kier molecular flexibility index (Phi) is 4.70. The van der Waals surface area contributed by atoms with E-state index in [-0.39, 0.29) is 11.5 Å². The highest BCUT2D eigenvalue weighted by molar-refractivity contribution is 5.95. The van der Waals surface area contributed by atoms with Gasteiger partial charge in [0, 0.05) is 16.6 Å². The van der Waals surface area contributed by atoms with Gasteiger partial charge in [0.25, 0.3) is 5.56 Å². The van der Waals surface area contributed by atoms with E-state index in [0.717, 1.165) is 33.2 Å². The number of rotatable bonds is 4. The Bertz CT molecular complexity index is 1000. The van der Waals surface area contributed by atoms with Gasteiger partial charge in [-0.05, 0) is 43.5 Å². The Morgan fingerprint density at radius 3 is 2.64 bits per heavy atom. The van der Waals surface area contributed by atoms with Crippen molar-refractivity contribution in [1.82, 2.24) is 4.98 Å². The van der Waals surface area contributed by atoms with Crippen LogP contribution in [0.1, 0.15) is 29.2 Å². The van der Waals surface area contributed by atoms with Crippen molar-refractivity contribution in [3.8, 4) is 0 Å². The minimum absolute atomic E-state index is 0.0595. The lowest BCUT2D eigenvalue weighted by atomic mass is 10.0. The van der Waals surface area contributed by atoms with Crippen LogP contribution in [0.3, 0.4) is 0 Å². The summed E-state index contributed by atoms with van der Waals surface area (Å²) in [5.41, 5.74) is 5.29. The van der Waals surface area contributed by atoms with Gasteiger partial charge in [-0.2, -0.15) is 0 Å². The van der Waals surface area contributed by atoms with Crippen LogP contribution in [0.5, 0.6) is 0 Å².